The fourth-order valence-electron chi connectivity index (χ4n) is 2.20. The van der Waals surface area contributed by atoms with Gasteiger partial charge in [0.25, 0.3) is 0 Å². The Hall–Kier alpha value is -1.70. The zero-order valence-corrected chi connectivity index (χ0v) is 17.0. The first-order valence-corrected chi connectivity index (χ1v) is 12.2. The molecule has 0 N–H and O–H groups in total. The maximum atomic E-state index is 12.8. The first-order chi connectivity index (χ1) is 12.0. The van der Waals surface area contributed by atoms with Gasteiger partial charge in [0, 0.05) is 0 Å². The second-order valence-corrected chi connectivity index (χ2v) is 12.2. The Morgan fingerprint density at radius 3 is 1.72 bits per heavy atom. The first-order valence-electron chi connectivity index (χ1n) is 7.79. The minimum atomic E-state index is -3.81. The molecule has 0 saturated heterocycles. The van der Waals surface area contributed by atoms with Crippen molar-refractivity contribution >= 4 is 30.4 Å². The van der Waals surface area contributed by atoms with Gasteiger partial charge in [0.15, 0.2) is 0 Å². The van der Waals surface area contributed by atoms with Crippen molar-refractivity contribution in [2.45, 2.75) is 18.7 Å². The number of hydrogen-bond acceptors (Lipinski definition) is 3. The summed E-state index contributed by atoms with van der Waals surface area (Å²) in [5.41, 5.74) is 2.14. The molecule has 0 aromatic heterocycles. The predicted octanol–water partition coefficient (Wildman–Crippen LogP) is 5.17. The molecule has 0 heterocycles. The van der Waals surface area contributed by atoms with Crippen LogP contribution in [0, 0.1) is 21.0 Å². The van der Waals surface area contributed by atoms with Crippen LogP contribution in [0.1, 0.15) is 11.1 Å². The van der Waals surface area contributed by atoms with E-state index in [9.17, 15) is 8.42 Å². The maximum absolute atomic E-state index is 12.8. The van der Waals surface area contributed by atoms with Crippen molar-refractivity contribution in [1.82, 2.24) is 0 Å². The van der Waals surface area contributed by atoms with Gasteiger partial charge in [-0.15, -0.1) is 0 Å². The number of halogens is 1. The molecule has 0 spiro atoms. The molecule has 0 aliphatic rings. The zero-order chi connectivity index (χ0) is 17.9. The van der Waals surface area contributed by atoms with Gasteiger partial charge in [0.2, 0.25) is 0 Å². The summed E-state index contributed by atoms with van der Waals surface area (Å²) in [5.74, 6) is 0. The third kappa shape index (κ3) is 4.48. The van der Waals surface area contributed by atoms with Gasteiger partial charge >= 0.3 is 157 Å². The van der Waals surface area contributed by atoms with Crippen molar-refractivity contribution in [3.05, 3.63) is 97.1 Å². The van der Waals surface area contributed by atoms with Gasteiger partial charge in [0.1, 0.15) is 0 Å². The molecular formula is C20H19IO3S. The molecule has 3 rings (SSSR count). The van der Waals surface area contributed by atoms with E-state index in [1.54, 1.807) is 24.3 Å². The van der Waals surface area contributed by atoms with Crippen LogP contribution in [0.2, 0.25) is 0 Å². The third-order valence-electron chi connectivity index (χ3n) is 3.60. The molecule has 0 atom stereocenters. The molecule has 0 amide bonds. The topological polar surface area (TPSA) is 43.4 Å². The average molecular weight is 466 g/mol. The summed E-state index contributed by atoms with van der Waals surface area (Å²) in [7, 11) is -3.81. The van der Waals surface area contributed by atoms with Crippen LogP contribution in [0.5, 0.6) is 0 Å². The van der Waals surface area contributed by atoms with Gasteiger partial charge in [-0.05, 0) is 0 Å². The van der Waals surface area contributed by atoms with Crippen LogP contribution in [0.15, 0.2) is 83.8 Å². The van der Waals surface area contributed by atoms with E-state index < -0.39 is 30.4 Å². The predicted molar refractivity (Wildman–Crippen MR) is 108 cm³/mol. The summed E-state index contributed by atoms with van der Waals surface area (Å²) >= 11 is -2.58. The second kappa shape index (κ2) is 7.68. The Bertz CT molecular complexity index is 934. The average Bonchev–Trinajstić information content (AvgIpc) is 2.62. The van der Waals surface area contributed by atoms with E-state index in [2.05, 4.69) is 0 Å². The summed E-state index contributed by atoms with van der Waals surface area (Å²) in [6.45, 7) is 3.93. The van der Waals surface area contributed by atoms with Gasteiger partial charge < -0.3 is 0 Å². The number of rotatable bonds is 5. The van der Waals surface area contributed by atoms with Crippen molar-refractivity contribution in [2.75, 3.05) is 0 Å². The first kappa shape index (κ1) is 18.1. The summed E-state index contributed by atoms with van der Waals surface area (Å²) in [5, 5.41) is 0. The quantitative estimate of drug-likeness (QED) is 0.488. The van der Waals surface area contributed by atoms with E-state index in [4.69, 9.17) is 2.51 Å². The summed E-state index contributed by atoms with van der Waals surface area (Å²) < 4.78 is 33.3. The molecular weight excluding hydrogens is 447 g/mol. The van der Waals surface area contributed by atoms with Crippen molar-refractivity contribution in [3.63, 3.8) is 0 Å². The Kier molecular flexibility index (Phi) is 5.56. The summed E-state index contributed by atoms with van der Waals surface area (Å²) in [6.07, 6.45) is 0. The Labute approximate surface area is 156 Å². The molecule has 130 valence electrons. The molecule has 3 nitrogen and oxygen atoms in total. The molecule has 5 heteroatoms. The SMILES string of the molecule is Cc1ccc(I(OS(=O)(=O)c2ccc(C)cc2)c2ccccc2)cc1. The van der Waals surface area contributed by atoms with E-state index >= 15 is 0 Å². The minimum absolute atomic E-state index is 0.198. The van der Waals surface area contributed by atoms with Gasteiger partial charge in [-0.2, -0.15) is 0 Å². The van der Waals surface area contributed by atoms with Crippen LogP contribution < -0.4 is 0 Å². The summed E-state index contributed by atoms with van der Waals surface area (Å²) in [6, 6.07) is 24.3. The van der Waals surface area contributed by atoms with Crippen molar-refractivity contribution < 1.29 is 10.9 Å². The fourth-order valence-corrected chi connectivity index (χ4v) is 9.14. The zero-order valence-electron chi connectivity index (χ0n) is 14.0. The van der Waals surface area contributed by atoms with Crippen LogP contribution in [-0.4, -0.2) is 8.42 Å². The molecule has 3 aromatic rings. The van der Waals surface area contributed by atoms with Crippen molar-refractivity contribution in [3.8, 4) is 0 Å². The molecule has 0 aliphatic heterocycles. The normalized spacial score (nSPS) is 12.0. The molecule has 25 heavy (non-hydrogen) atoms. The summed E-state index contributed by atoms with van der Waals surface area (Å²) in [4.78, 5) is 0.198. The van der Waals surface area contributed by atoms with Gasteiger partial charge in [0.05, 0.1) is 0 Å². The second-order valence-electron chi connectivity index (χ2n) is 5.67. The van der Waals surface area contributed by atoms with Gasteiger partial charge in [-0.3, -0.25) is 0 Å². The van der Waals surface area contributed by atoms with Crippen molar-refractivity contribution in [2.24, 2.45) is 0 Å². The Balaban J connectivity index is 2.00. The molecule has 0 saturated carbocycles. The molecule has 0 aliphatic carbocycles. The van der Waals surface area contributed by atoms with Gasteiger partial charge in [-0.25, -0.2) is 0 Å². The molecule has 3 aromatic carbocycles. The molecule has 0 fully saturated rings. The third-order valence-corrected chi connectivity index (χ3v) is 10.9. The van der Waals surface area contributed by atoms with Crippen molar-refractivity contribution in [1.29, 1.82) is 0 Å². The van der Waals surface area contributed by atoms with E-state index in [0.717, 1.165) is 18.3 Å². The van der Waals surface area contributed by atoms with E-state index in [1.165, 1.54) is 0 Å². The van der Waals surface area contributed by atoms with Crippen LogP contribution in [0.3, 0.4) is 0 Å². The number of benzene rings is 3. The monoisotopic (exact) mass is 466 g/mol. The molecule has 0 unspecified atom stereocenters. The standard InChI is InChI=1S/C20H19IO3S/c1-16-8-12-19(13-9-16)21(18-6-4-3-5-7-18)24-25(22,23)20-14-10-17(2)11-15-20/h3-15H,1-2H3. The van der Waals surface area contributed by atoms with Crippen LogP contribution in [-0.2, 0) is 12.6 Å². The molecule has 0 bridgehead atoms. The Morgan fingerprint density at radius 2 is 1.16 bits per heavy atom. The Morgan fingerprint density at radius 1 is 0.680 bits per heavy atom. The number of aryl methyl sites for hydroxylation is 2. The molecule has 0 radical (unpaired) electrons. The van der Waals surface area contributed by atoms with Crippen LogP contribution >= 0.6 is 20.2 Å². The number of hydrogen-bond donors (Lipinski definition) is 0. The van der Waals surface area contributed by atoms with E-state index in [0.29, 0.717) is 0 Å². The van der Waals surface area contributed by atoms with Gasteiger partial charge in [-0.1, -0.05) is 0 Å². The fraction of sp³-hybridized carbons (Fsp3) is 0.100. The van der Waals surface area contributed by atoms with E-state index in [1.807, 2.05) is 68.4 Å². The van der Waals surface area contributed by atoms with E-state index in [-0.39, 0.29) is 4.90 Å². The van der Waals surface area contributed by atoms with Crippen LogP contribution in [0.4, 0.5) is 0 Å². The van der Waals surface area contributed by atoms with Crippen LogP contribution in [0.25, 0.3) is 0 Å².